The molecular weight excluding hydrogens is 274 g/mol. The molecule has 1 fully saturated rings. The predicted octanol–water partition coefficient (Wildman–Crippen LogP) is 1.63. The lowest BCUT2D eigenvalue weighted by Crippen LogP contribution is -2.41. The summed E-state index contributed by atoms with van der Waals surface area (Å²) in [6, 6.07) is -0.275. The molecule has 1 saturated heterocycles. The first-order valence-corrected chi connectivity index (χ1v) is 7.20. The van der Waals surface area contributed by atoms with E-state index in [0.717, 1.165) is 12.2 Å². The van der Waals surface area contributed by atoms with E-state index in [2.05, 4.69) is 10.3 Å². The fraction of sp³-hybridized carbons (Fsp3) is 0.643. The zero-order valence-electron chi connectivity index (χ0n) is 12.4. The normalized spacial score (nSPS) is 21.5. The Balaban J connectivity index is 1.88. The molecule has 0 aliphatic carbocycles. The van der Waals surface area contributed by atoms with E-state index in [1.165, 1.54) is 0 Å². The predicted molar refractivity (Wildman–Crippen MR) is 74.7 cm³/mol. The molecule has 1 aliphatic rings. The lowest BCUT2D eigenvalue weighted by molar-refractivity contribution is -0.148. The number of urea groups is 1. The van der Waals surface area contributed by atoms with Gasteiger partial charge in [0.25, 0.3) is 0 Å². The number of aliphatic carboxylic acids is 1. The summed E-state index contributed by atoms with van der Waals surface area (Å²) >= 11 is 0. The highest BCUT2D eigenvalue weighted by Crippen LogP contribution is 2.34. The quantitative estimate of drug-likeness (QED) is 0.860. The molecule has 0 radical (unpaired) electrons. The maximum Gasteiger partial charge on any atom is 0.317 e. The average Bonchev–Trinajstić information content (AvgIpc) is 3.12. The monoisotopic (exact) mass is 295 g/mol. The molecule has 1 unspecified atom stereocenters. The minimum absolute atomic E-state index is 0.210. The molecule has 0 aromatic carbocycles. The summed E-state index contributed by atoms with van der Waals surface area (Å²) in [5, 5.41) is 12.0. The number of hydrogen-bond acceptors (Lipinski definition) is 4. The van der Waals surface area contributed by atoms with E-state index in [1.54, 1.807) is 11.1 Å². The number of rotatable bonds is 5. The Morgan fingerprint density at radius 3 is 2.81 bits per heavy atom. The van der Waals surface area contributed by atoms with E-state index in [1.807, 2.05) is 13.8 Å². The summed E-state index contributed by atoms with van der Waals surface area (Å²) in [5.74, 6) is 0.399. The maximum atomic E-state index is 12.1. The van der Waals surface area contributed by atoms with Gasteiger partial charge in [0.15, 0.2) is 0 Å². The first-order chi connectivity index (χ1) is 10.0. The summed E-state index contributed by atoms with van der Waals surface area (Å²) in [6.45, 7) is 4.72. The van der Waals surface area contributed by atoms with Gasteiger partial charge in [-0.15, -0.1) is 0 Å². The van der Waals surface area contributed by atoms with E-state index in [9.17, 15) is 14.7 Å². The Labute approximate surface area is 123 Å². The largest absolute Gasteiger partial charge is 0.481 e. The highest BCUT2D eigenvalue weighted by atomic mass is 16.4. The second-order valence-electron chi connectivity index (χ2n) is 5.34. The fourth-order valence-corrected chi connectivity index (χ4v) is 2.52. The Bertz CT molecular complexity index is 528. The van der Waals surface area contributed by atoms with Gasteiger partial charge in [-0.25, -0.2) is 9.78 Å². The molecule has 1 aromatic rings. The van der Waals surface area contributed by atoms with Gasteiger partial charge >= 0.3 is 12.0 Å². The minimum Gasteiger partial charge on any atom is -0.481 e. The number of carboxylic acid groups (broad SMARTS) is 1. The summed E-state index contributed by atoms with van der Waals surface area (Å²) in [7, 11) is 0. The lowest BCUT2D eigenvalue weighted by atomic mass is 9.84. The van der Waals surface area contributed by atoms with Gasteiger partial charge in [0.2, 0.25) is 5.89 Å². The van der Waals surface area contributed by atoms with Crippen molar-refractivity contribution in [2.75, 3.05) is 13.1 Å². The van der Waals surface area contributed by atoms with Crippen LogP contribution in [0.15, 0.2) is 10.6 Å². The molecule has 7 heteroatoms. The van der Waals surface area contributed by atoms with Crippen LogP contribution < -0.4 is 5.32 Å². The first-order valence-electron chi connectivity index (χ1n) is 7.20. The highest BCUT2D eigenvalue weighted by molar-refractivity contribution is 5.79. The second-order valence-corrected chi connectivity index (χ2v) is 5.34. The third kappa shape index (κ3) is 3.17. The number of aromatic nitrogens is 1. The number of amides is 2. The number of oxazole rings is 1. The third-order valence-electron chi connectivity index (χ3n) is 4.11. The van der Waals surface area contributed by atoms with Crippen LogP contribution in [0.1, 0.15) is 38.3 Å². The van der Waals surface area contributed by atoms with Crippen molar-refractivity contribution >= 4 is 12.0 Å². The number of hydrogen-bond donors (Lipinski definition) is 2. The van der Waals surface area contributed by atoms with Crippen LogP contribution in [-0.2, 0) is 17.8 Å². The standard InChI is InChI=1S/C14H21N3O4/c1-3-10-7-15-11(21-10)8-16-13(20)17-6-5-14(4-2,9-17)12(18)19/h7H,3-6,8-9H2,1-2H3,(H,16,20)(H,18,19). The van der Waals surface area contributed by atoms with Crippen LogP contribution in [0.25, 0.3) is 0 Å². The van der Waals surface area contributed by atoms with Crippen molar-refractivity contribution in [3.05, 3.63) is 17.8 Å². The van der Waals surface area contributed by atoms with E-state index in [-0.39, 0.29) is 19.1 Å². The van der Waals surface area contributed by atoms with Gasteiger partial charge in [-0.3, -0.25) is 4.79 Å². The van der Waals surface area contributed by atoms with Crippen LogP contribution in [0.3, 0.4) is 0 Å². The molecule has 0 bridgehead atoms. The summed E-state index contributed by atoms with van der Waals surface area (Å²) in [6.07, 6.45) is 3.41. The van der Waals surface area contributed by atoms with Crippen molar-refractivity contribution in [3.63, 3.8) is 0 Å². The number of carboxylic acids is 1. The molecule has 1 aliphatic heterocycles. The van der Waals surface area contributed by atoms with Gasteiger partial charge < -0.3 is 19.7 Å². The molecule has 2 rings (SSSR count). The molecule has 21 heavy (non-hydrogen) atoms. The molecule has 2 amide bonds. The maximum absolute atomic E-state index is 12.1. The molecule has 2 heterocycles. The van der Waals surface area contributed by atoms with Crippen LogP contribution in [0.2, 0.25) is 0 Å². The van der Waals surface area contributed by atoms with Gasteiger partial charge in [0.1, 0.15) is 5.76 Å². The van der Waals surface area contributed by atoms with Gasteiger partial charge in [0.05, 0.1) is 18.2 Å². The zero-order chi connectivity index (χ0) is 15.5. The summed E-state index contributed by atoms with van der Waals surface area (Å²) in [5.41, 5.74) is -0.810. The zero-order valence-corrected chi connectivity index (χ0v) is 12.4. The lowest BCUT2D eigenvalue weighted by Gasteiger charge is -2.23. The van der Waals surface area contributed by atoms with E-state index in [0.29, 0.717) is 25.3 Å². The average molecular weight is 295 g/mol. The van der Waals surface area contributed by atoms with Crippen LogP contribution in [0, 0.1) is 5.41 Å². The third-order valence-corrected chi connectivity index (χ3v) is 4.11. The van der Waals surface area contributed by atoms with Gasteiger partial charge in [0, 0.05) is 19.5 Å². The molecule has 0 saturated carbocycles. The fourth-order valence-electron chi connectivity index (χ4n) is 2.52. The van der Waals surface area contributed by atoms with E-state index in [4.69, 9.17) is 4.42 Å². The van der Waals surface area contributed by atoms with E-state index >= 15 is 0 Å². The van der Waals surface area contributed by atoms with E-state index < -0.39 is 11.4 Å². The topological polar surface area (TPSA) is 95.7 Å². The highest BCUT2D eigenvalue weighted by Gasteiger charge is 2.44. The number of nitrogens with zero attached hydrogens (tertiary/aromatic N) is 2. The van der Waals surface area contributed by atoms with Crippen molar-refractivity contribution in [3.8, 4) is 0 Å². The van der Waals surface area contributed by atoms with Crippen molar-refractivity contribution < 1.29 is 19.1 Å². The number of likely N-dealkylation sites (tertiary alicyclic amines) is 1. The molecule has 1 aromatic heterocycles. The van der Waals surface area contributed by atoms with Crippen molar-refractivity contribution in [2.24, 2.45) is 5.41 Å². The molecule has 0 spiro atoms. The van der Waals surface area contributed by atoms with Crippen LogP contribution in [0.4, 0.5) is 4.79 Å². The van der Waals surface area contributed by atoms with Gasteiger partial charge in [-0.1, -0.05) is 13.8 Å². The van der Waals surface area contributed by atoms with Gasteiger partial charge in [-0.2, -0.15) is 0 Å². The van der Waals surface area contributed by atoms with Crippen molar-refractivity contribution in [1.82, 2.24) is 15.2 Å². The number of carbonyl (C=O) groups is 2. The number of carbonyl (C=O) groups excluding carboxylic acids is 1. The Hall–Kier alpha value is -2.05. The first kappa shape index (κ1) is 15.3. The molecule has 1 atom stereocenters. The van der Waals surface area contributed by atoms with Crippen molar-refractivity contribution in [2.45, 2.75) is 39.7 Å². The van der Waals surface area contributed by atoms with Crippen LogP contribution in [0.5, 0.6) is 0 Å². The SMILES string of the molecule is CCc1cnc(CNC(=O)N2CCC(CC)(C(=O)O)C2)o1. The molecule has 116 valence electrons. The van der Waals surface area contributed by atoms with Crippen LogP contribution >= 0.6 is 0 Å². The Morgan fingerprint density at radius 1 is 1.52 bits per heavy atom. The Morgan fingerprint density at radius 2 is 2.29 bits per heavy atom. The van der Waals surface area contributed by atoms with Gasteiger partial charge in [-0.05, 0) is 12.8 Å². The van der Waals surface area contributed by atoms with Crippen LogP contribution in [-0.4, -0.2) is 40.1 Å². The molecule has 7 nitrogen and oxygen atoms in total. The minimum atomic E-state index is -0.833. The summed E-state index contributed by atoms with van der Waals surface area (Å²) in [4.78, 5) is 29.0. The number of aryl methyl sites for hydroxylation is 1. The smallest absolute Gasteiger partial charge is 0.317 e. The van der Waals surface area contributed by atoms with Crippen molar-refractivity contribution in [1.29, 1.82) is 0 Å². The molecular formula is C14H21N3O4. The summed E-state index contributed by atoms with van der Waals surface area (Å²) < 4.78 is 5.41. The number of nitrogens with one attached hydrogen (secondary N) is 1. The Kier molecular flexibility index (Phi) is 4.50. The molecule has 2 N–H and O–H groups in total. The second kappa shape index (κ2) is 6.15.